The van der Waals surface area contributed by atoms with E-state index in [0.717, 1.165) is 55.4 Å². The van der Waals surface area contributed by atoms with Crippen molar-refractivity contribution in [2.75, 3.05) is 25.4 Å². The number of nitrogens with two attached hydrogens (primary N) is 1. The van der Waals surface area contributed by atoms with Crippen molar-refractivity contribution in [3.8, 4) is 11.4 Å². The molecule has 7 nitrogen and oxygen atoms in total. The summed E-state index contributed by atoms with van der Waals surface area (Å²) in [7, 11) is 1.88. The van der Waals surface area contributed by atoms with Crippen LogP contribution < -0.4 is 5.73 Å². The number of rotatable bonds is 8. The van der Waals surface area contributed by atoms with Gasteiger partial charge in [0, 0.05) is 37.3 Å². The van der Waals surface area contributed by atoms with Crippen LogP contribution in [-0.4, -0.2) is 55.9 Å². The number of hydrogen-bond acceptors (Lipinski definition) is 6. The molecule has 2 N–H and O–H groups in total. The summed E-state index contributed by atoms with van der Waals surface area (Å²) in [5.41, 5.74) is 7.01. The van der Waals surface area contributed by atoms with Crippen LogP contribution in [0.3, 0.4) is 0 Å². The molecule has 0 bridgehead atoms. The van der Waals surface area contributed by atoms with Crippen molar-refractivity contribution in [2.45, 2.75) is 36.5 Å². The molecule has 1 amide bonds. The smallest absolute Gasteiger partial charge is 0.366 e. The van der Waals surface area contributed by atoms with Gasteiger partial charge in [0.2, 0.25) is 5.91 Å². The maximum absolute atomic E-state index is 12.8. The summed E-state index contributed by atoms with van der Waals surface area (Å²) in [4.78, 5) is 18.0. The normalized spacial score (nSPS) is 21.8. The largest absolute Gasteiger partial charge is 0.416 e. The third-order valence-electron chi connectivity index (χ3n) is 7.26. The molecule has 1 aromatic carbocycles. The number of amides is 1. The molecular weight excluding hydrogens is 489 g/mol. The minimum absolute atomic E-state index is 0.221. The first-order valence-corrected chi connectivity index (χ1v) is 12.8. The van der Waals surface area contributed by atoms with Crippen LogP contribution in [-0.2, 0) is 13.2 Å². The highest BCUT2D eigenvalue weighted by Crippen LogP contribution is 2.64. The van der Waals surface area contributed by atoms with E-state index in [9.17, 15) is 18.0 Å². The first kappa shape index (κ1) is 24.8. The number of thioether (sulfide) groups is 1. The van der Waals surface area contributed by atoms with Crippen LogP contribution >= 0.6 is 11.8 Å². The van der Waals surface area contributed by atoms with E-state index in [1.807, 2.05) is 11.6 Å². The van der Waals surface area contributed by atoms with Gasteiger partial charge in [0.1, 0.15) is 0 Å². The van der Waals surface area contributed by atoms with Gasteiger partial charge in [-0.15, -0.1) is 10.2 Å². The molecule has 36 heavy (non-hydrogen) atoms. The van der Waals surface area contributed by atoms with Gasteiger partial charge in [0.05, 0.1) is 11.1 Å². The lowest BCUT2D eigenvalue weighted by Crippen LogP contribution is -2.23. The van der Waals surface area contributed by atoms with Gasteiger partial charge in [0.15, 0.2) is 11.0 Å². The molecule has 1 aliphatic heterocycles. The monoisotopic (exact) mass is 516 g/mol. The van der Waals surface area contributed by atoms with E-state index in [0.29, 0.717) is 22.9 Å². The van der Waals surface area contributed by atoms with Gasteiger partial charge >= 0.3 is 6.18 Å². The van der Waals surface area contributed by atoms with Crippen molar-refractivity contribution < 1.29 is 18.0 Å². The van der Waals surface area contributed by atoms with Crippen LogP contribution in [0.25, 0.3) is 11.4 Å². The number of aromatic nitrogens is 4. The van der Waals surface area contributed by atoms with Gasteiger partial charge in [-0.05, 0) is 67.4 Å². The average molecular weight is 517 g/mol. The summed E-state index contributed by atoms with van der Waals surface area (Å²) < 4.78 is 40.4. The zero-order valence-electron chi connectivity index (χ0n) is 19.8. The number of hydrogen-bond donors (Lipinski definition) is 1. The van der Waals surface area contributed by atoms with E-state index in [4.69, 9.17) is 5.73 Å². The average Bonchev–Trinajstić information content (AvgIpc) is 3.19. The number of carbonyl (C=O) groups is 1. The number of halogens is 3. The number of primary amides is 1. The summed E-state index contributed by atoms with van der Waals surface area (Å²) in [5.74, 6) is 1.33. The van der Waals surface area contributed by atoms with Crippen molar-refractivity contribution in [2.24, 2.45) is 18.2 Å². The van der Waals surface area contributed by atoms with Gasteiger partial charge in [-0.2, -0.15) is 13.2 Å². The fraction of sp³-hybridized carbons (Fsp3) is 0.440. The number of pyridine rings is 1. The highest BCUT2D eigenvalue weighted by atomic mass is 32.2. The second-order valence-electron chi connectivity index (χ2n) is 9.66. The minimum atomic E-state index is -4.29. The molecule has 3 aromatic rings. The van der Waals surface area contributed by atoms with Gasteiger partial charge < -0.3 is 15.2 Å². The number of nitrogens with zero attached hydrogens (tertiary/aromatic N) is 5. The van der Waals surface area contributed by atoms with Crippen LogP contribution in [0.4, 0.5) is 13.2 Å². The Hall–Kier alpha value is -2.92. The SMILES string of the molecule is Cn1c(SCCCN2CCC3(CC3c3ccc(C(F)(F)F)cc3)C2)nnc1-c1cncc(C(N)=O)c1. The summed E-state index contributed by atoms with van der Waals surface area (Å²) >= 11 is 1.63. The summed E-state index contributed by atoms with van der Waals surface area (Å²) in [6.07, 6.45) is 1.90. The lowest BCUT2D eigenvalue weighted by Gasteiger charge is -2.16. The zero-order chi connectivity index (χ0) is 25.5. The van der Waals surface area contributed by atoms with Gasteiger partial charge in [0.25, 0.3) is 0 Å². The number of benzene rings is 1. The number of likely N-dealkylation sites (tertiary alicyclic amines) is 1. The van der Waals surface area contributed by atoms with E-state index < -0.39 is 17.6 Å². The summed E-state index contributed by atoms with van der Waals surface area (Å²) in [6.45, 7) is 3.00. The van der Waals surface area contributed by atoms with E-state index in [1.165, 1.54) is 18.3 Å². The van der Waals surface area contributed by atoms with Crippen LogP contribution in [0.15, 0.2) is 47.9 Å². The van der Waals surface area contributed by atoms with Crippen molar-refractivity contribution >= 4 is 17.7 Å². The Kier molecular flexibility index (Phi) is 6.54. The predicted molar refractivity (Wildman–Crippen MR) is 130 cm³/mol. The van der Waals surface area contributed by atoms with E-state index in [2.05, 4.69) is 20.1 Å². The molecule has 1 aliphatic carbocycles. The Morgan fingerprint density at radius 1 is 1.22 bits per heavy atom. The molecule has 1 saturated heterocycles. The highest BCUT2D eigenvalue weighted by molar-refractivity contribution is 7.99. The lowest BCUT2D eigenvalue weighted by molar-refractivity contribution is -0.137. The quantitative estimate of drug-likeness (QED) is 0.354. The number of alkyl halides is 3. The molecule has 2 aromatic heterocycles. The van der Waals surface area contributed by atoms with Crippen LogP contribution in [0.2, 0.25) is 0 Å². The van der Waals surface area contributed by atoms with Crippen molar-refractivity contribution in [1.29, 1.82) is 0 Å². The molecule has 2 atom stereocenters. The van der Waals surface area contributed by atoms with E-state index in [-0.39, 0.29) is 5.41 Å². The Bertz CT molecular complexity index is 1260. The Morgan fingerprint density at radius 3 is 2.72 bits per heavy atom. The van der Waals surface area contributed by atoms with E-state index >= 15 is 0 Å². The molecule has 2 fully saturated rings. The van der Waals surface area contributed by atoms with E-state index in [1.54, 1.807) is 36.2 Å². The second kappa shape index (κ2) is 9.51. The molecule has 0 radical (unpaired) electrons. The highest BCUT2D eigenvalue weighted by Gasteiger charge is 2.57. The maximum atomic E-state index is 12.8. The minimum Gasteiger partial charge on any atom is -0.366 e. The van der Waals surface area contributed by atoms with Crippen LogP contribution in [0.1, 0.15) is 46.7 Å². The predicted octanol–water partition coefficient (Wildman–Crippen LogP) is 4.36. The molecule has 11 heteroatoms. The fourth-order valence-electron chi connectivity index (χ4n) is 5.19. The standard InChI is InChI=1S/C25H27F3N6OS/c1-33-22(18-11-17(21(29)35)13-30-14-18)31-32-23(33)36-10-2-8-34-9-7-24(15-34)12-20(24)16-3-5-19(6-4-16)25(26,27)28/h3-6,11,13-14,20H,2,7-10,12,15H2,1H3,(H2,29,35). The Morgan fingerprint density at radius 2 is 2.00 bits per heavy atom. The molecule has 1 saturated carbocycles. The molecule has 2 unspecified atom stereocenters. The first-order chi connectivity index (χ1) is 17.2. The van der Waals surface area contributed by atoms with Gasteiger partial charge in [-0.1, -0.05) is 23.9 Å². The molecule has 5 rings (SSSR count). The number of carbonyl (C=O) groups excluding carboxylic acids is 1. The summed E-state index contributed by atoms with van der Waals surface area (Å²) in [5, 5.41) is 9.32. The molecule has 2 aliphatic rings. The molecule has 1 spiro atoms. The maximum Gasteiger partial charge on any atom is 0.416 e. The summed E-state index contributed by atoms with van der Waals surface area (Å²) in [6, 6.07) is 7.36. The van der Waals surface area contributed by atoms with Crippen molar-refractivity contribution in [3.05, 3.63) is 59.4 Å². The molecular formula is C25H27F3N6OS. The molecule has 3 heterocycles. The Labute approximate surface area is 211 Å². The van der Waals surface area contributed by atoms with Crippen LogP contribution in [0, 0.1) is 5.41 Å². The molecule has 190 valence electrons. The van der Waals surface area contributed by atoms with Gasteiger partial charge in [-0.25, -0.2) is 0 Å². The third-order valence-corrected chi connectivity index (χ3v) is 8.37. The first-order valence-electron chi connectivity index (χ1n) is 11.8. The Balaban J connectivity index is 1.10. The zero-order valence-corrected chi connectivity index (χ0v) is 20.6. The fourth-order valence-corrected chi connectivity index (χ4v) is 6.02. The van der Waals surface area contributed by atoms with Crippen LogP contribution in [0.5, 0.6) is 0 Å². The van der Waals surface area contributed by atoms with Crippen molar-refractivity contribution in [1.82, 2.24) is 24.6 Å². The van der Waals surface area contributed by atoms with Crippen molar-refractivity contribution in [3.63, 3.8) is 0 Å². The topological polar surface area (TPSA) is 89.9 Å². The second-order valence-corrected chi connectivity index (χ2v) is 10.7. The van der Waals surface area contributed by atoms with Gasteiger partial charge in [-0.3, -0.25) is 9.78 Å². The third kappa shape index (κ3) is 4.99. The lowest BCUT2D eigenvalue weighted by atomic mass is 9.97.